The van der Waals surface area contributed by atoms with Crippen LogP contribution in [0.5, 0.6) is 0 Å². The molecule has 1 amide bonds. The molecule has 0 atom stereocenters. The van der Waals surface area contributed by atoms with Crippen LogP contribution in [0, 0.1) is 0 Å². The van der Waals surface area contributed by atoms with Crippen LogP contribution in [0.3, 0.4) is 0 Å². The first kappa shape index (κ1) is 21.4. The first-order valence-electron chi connectivity index (χ1n) is 8.91. The normalized spacial score (nSPS) is 11.8. The molecule has 2 rings (SSSR count). The number of nitrogens with zero attached hydrogens (tertiary/aromatic N) is 2. The number of rotatable bonds is 3. The Labute approximate surface area is 164 Å². The highest BCUT2D eigenvalue weighted by atomic mass is 16.6. The van der Waals surface area contributed by atoms with Gasteiger partial charge in [-0.25, -0.2) is 9.59 Å². The minimum atomic E-state index is -0.727. The van der Waals surface area contributed by atoms with E-state index in [1.807, 2.05) is 0 Å². The third-order valence-corrected chi connectivity index (χ3v) is 3.34. The Morgan fingerprint density at radius 3 is 2.11 bits per heavy atom. The van der Waals surface area contributed by atoms with E-state index in [4.69, 9.17) is 9.47 Å². The molecule has 0 radical (unpaired) electrons. The highest BCUT2D eigenvalue weighted by Gasteiger charge is 2.24. The molecule has 1 aromatic carbocycles. The van der Waals surface area contributed by atoms with Crippen molar-refractivity contribution in [2.24, 2.45) is 0 Å². The molecule has 2 N–H and O–H groups in total. The van der Waals surface area contributed by atoms with Crippen molar-refractivity contribution in [3.63, 3.8) is 0 Å². The number of ether oxygens (including phenoxy) is 2. The zero-order valence-electron chi connectivity index (χ0n) is 17.1. The number of carbonyl (C=O) groups excluding carboxylic acids is 2. The molecule has 0 saturated heterocycles. The van der Waals surface area contributed by atoms with Crippen molar-refractivity contribution in [3.8, 4) is 11.3 Å². The van der Waals surface area contributed by atoms with Crippen LogP contribution in [0.25, 0.3) is 11.3 Å². The van der Waals surface area contributed by atoms with E-state index in [1.165, 1.54) is 0 Å². The van der Waals surface area contributed by atoms with Crippen molar-refractivity contribution < 1.29 is 24.2 Å². The van der Waals surface area contributed by atoms with Gasteiger partial charge in [0.2, 0.25) is 0 Å². The lowest BCUT2D eigenvalue weighted by Gasteiger charge is -2.21. The monoisotopic (exact) mass is 389 g/mol. The van der Waals surface area contributed by atoms with Crippen molar-refractivity contribution in [1.82, 2.24) is 9.78 Å². The fourth-order valence-electron chi connectivity index (χ4n) is 2.24. The second kappa shape index (κ2) is 8.02. The van der Waals surface area contributed by atoms with Gasteiger partial charge in [0.05, 0.1) is 12.3 Å². The van der Waals surface area contributed by atoms with Gasteiger partial charge in [-0.1, -0.05) is 24.3 Å². The summed E-state index contributed by atoms with van der Waals surface area (Å²) in [6.45, 7) is 10.4. The van der Waals surface area contributed by atoms with Crippen LogP contribution in [0.1, 0.15) is 47.1 Å². The number of aliphatic hydroxyl groups excluding tert-OH is 1. The van der Waals surface area contributed by atoms with Crippen LogP contribution < -0.4 is 5.32 Å². The molecule has 0 aliphatic carbocycles. The van der Waals surface area contributed by atoms with E-state index in [0.717, 1.165) is 10.2 Å². The zero-order valence-corrected chi connectivity index (χ0v) is 17.1. The second-order valence-corrected chi connectivity index (χ2v) is 8.29. The quantitative estimate of drug-likeness (QED) is 0.817. The van der Waals surface area contributed by atoms with Gasteiger partial charge in [0.1, 0.15) is 17.0 Å². The summed E-state index contributed by atoms with van der Waals surface area (Å²) in [5, 5.41) is 16.0. The van der Waals surface area contributed by atoms with E-state index in [0.29, 0.717) is 11.3 Å². The summed E-state index contributed by atoms with van der Waals surface area (Å²) in [4.78, 5) is 24.7. The lowest BCUT2D eigenvalue weighted by atomic mass is 10.1. The number of carbonyl (C=O) groups is 2. The molecule has 8 nitrogen and oxygen atoms in total. The van der Waals surface area contributed by atoms with Crippen LogP contribution in [0.2, 0.25) is 0 Å². The number of anilines is 1. The fraction of sp³-hybridized carbons (Fsp3) is 0.450. The minimum Gasteiger partial charge on any atom is -0.444 e. The van der Waals surface area contributed by atoms with Crippen LogP contribution in [0.4, 0.5) is 15.4 Å². The predicted molar refractivity (Wildman–Crippen MR) is 105 cm³/mol. The van der Waals surface area contributed by atoms with Crippen molar-refractivity contribution >= 4 is 18.0 Å². The molecule has 2 aromatic rings. The van der Waals surface area contributed by atoms with E-state index in [9.17, 15) is 14.7 Å². The average molecular weight is 389 g/mol. The highest BCUT2D eigenvalue weighted by molar-refractivity contribution is 5.88. The van der Waals surface area contributed by atoms with Gasteiger partial charge in [-0.3, -0.25) is 5.32 Å². The van der Waals surface area contributed by atoms with Gasteiger partial charge in [-0.05, 0) is 47.1 Å². The third kappa shape index (κ3) is 6.09. The molecule has 152 valence electrons. The Hall–Kier alpha value is -2.87. The van der Waals surface area contributed by atoms with Crippen LogP contribution >= 0.6 is 0 Å². The predicted octanol–water partition coefficient (Wildman–Crippen LogP) is 4.17. The number of hydrogen-bond acceptors (Lipinski definition) is 6. The molecule has 8 heteroatoms. The molecule has 1 aromatic heterocycles. The lowest BCUT2D eigenvalue weighted by Crippen LogP contribution is -2.31. The average Bonchev–Trinajstić information content (AvgIpc) is 2.95. The molecular weight excluding hydrogens is 362 g/mol. The molecule has 0 saturated carbocycles. The Kier molecular flexibility index (Phi) is 6.14. The van der Waals surface area contributed by atoms with E-state index in [-0.39, 0.29) is 12.4 Å². The maximum Gasteiger partial charge on any atom is 0.437 e. The summed E-state index contributed by atoms with van der Waals surface area (Å²) in [5.41, 5.74) is 0.509. The van der Waals surface area contributed by atoms with Gasteiger partial charge < -0.3 is 14.6 Å². The van der Waals surface area contributed by atoms with Crippen molar-refractivity contribution in [3.05, 3.63) is 35.9 Å². The number of aromatic nitrogens is 2. The fourth-order valence-corrected chi connectivity index (χ4v) is 2.24. The Morgan fingerprint density at radius 2 is 1.61 bits per heavy atom. The van der Waals surface area contributed by atoms with Gasteiger partial charge in [0.25, 0.3) is 0 Å². The van der Waals surface area contributed by atoms with E-state index in [1.54, 1.807) is 71.9 Å². The molecule has 0 spiro atoms. The number of nitrogens with one attached hydrogen (secondary N) is 1. The number of benzene rings is 1. The molecule has 0 bridgehead atoms. The van der Waals surface area contributed by atoms with Crippen molar-refractivity contribution in [2.45, 2.75) is 59.4 Å². The summed E-state index contributed by atoms with van der Waals surface area (Å²) in [6, 6.07) is 8.60. The van der Waals surface area contributed by atoms with Gasteiger partial charge in [0, 0.05) is 11.6 Å². The summed E-state index contributed by atoms with van der Waals surface area (Å²) in [5.74, 6) is 0.129. The topological polar surface area (TPSA) is 103 Å². The summed E-state index contributed by atoms with van der Waals surface area (Å²) < 4.78 is 11.6. The third-order valence-electron chi connectivity index (χ3n) is 3.34. The second-order valence-electron chi connectivity index (χ2n) is 8.29. The molecule has 0 fully saturated rings. The van der Waals surface area contributed by atoms with Crippen LogP contribution in [-0.2, 0) is 16.1 Å². The van der Waals surface area contributed by atoms with Crippen LogP contribution in [0.15, 0.2) is 30.3 Å². The zero-order chi connectivity index (χ0) is 21.1. The largest absolute Gasteiger partial charge is 0.444 e. The summed E-state index contributed by atoms with van der Waals surface area (Å²) >= 11 is 0. The van der Waals surface area contributed by atoms with Gasteiger partial charge in [-0.2, -0.15) is 5.10 Å². The molecule has 0 aliphatic rings. The maximum absolute atomic E-state index is 12.5. The molecule has 0 unspecified atom stereocenters. The minimum absolute atomic E-state index is 0.0714. The van der Waals surface area contributed by atoms with E-state index < -0.39 is 23.4 Å². The van der Waals surface area contributed by atoms with E-state index in [2.05, 4.69) is 10.4 Å². The Morgan fingerprint density at radius 1 is 1.04 bits per heavy atom. The summed E-state index contributed by atoms with van der Waals surface area (Å²) in [7, 11) is 0. The lowest BCUT2D eigenvalue weighted by molar-refractivity contribution is 0.0518. The van der Waals surface area contributed by atoms with Crippen LogP contribution in [-0.4, -0.2) is 38.3 Å². The number of hydrogen-bond donors (Lipinski definition) is 2. The van der Waals surface area contributed by atoms with Gasteiger partial charge >= 0.3 is 12.2 Å². The van der Waals surface area contributed by atoms with Crippen molar-refractivity contribution in [2.75, 3.05) is 5.32 Å². The molecule has 28 heavy (non-hydrogen) atoms. The first-order valence-corrected chi connectivity index (χ1v) is 8.91. The Bertz CT molecular complexity index is 842. The number of aliphatic hydroxyl groups is 1. The first-order chi connectivity index (χ1) is 12.9. The summed E-state index contributed by atoms with van der Waals surface area (Å²) in [6.07, 6.45) is -1.43. The smallest absolute Gasteiger partial charge is 0.437 e. The highest BCUT2D eigenvalue weighted by Crippen LogP contribution is 2.24. The maximum atomic E-state index is 12.5. The van der Waals surface area contributed by atoms with Crippen molar-refractivity contribution in [1.29, 1.82) is 0 Å². The molecule has 1 heterocycles. The van der Waals surface area contributed by atoms with Gasteiger partial charge in [-0.15, -0.1) is 4.68 Å². The van der Waals surface area contributed by atoms with Gasteiger partial charge in [0.15, 0.2) is 0 Å². The molecule has 0 aliphatic heterocycles. The SMILES string of the molecule is CC(C)(C)OC(=O)Nc1cc(-c2ccc(CO)cc2)nn1C(=O)OC(C)(C)C. The Balaban J connectivity index is 2.38. The number of amides is 1. The van der Waals surface area contributed by atoms with E-state index >= 15 is 0 Å². The standard InChI is InChI=1S/C20H27N3O5/c1-19(2,3)27-17(25)21-16-11-15(14-9-7-13(12-24)8-10-14)22-23(16)18(26)28-20(4,5)6/h7-11,24H,12H2,1-6H3,(H,21,25). The molecular formula is C20H27N3O5.